The molecule has 0 aliphatic rings. The van der Waals surface area contributed by atoms with Gasteiger partial charge >= 0.3 is 6.03 Å². The molecule has 0 aromatic heterocycles. The van der Waals surface area contributed by atoms with Crippen LogP contribution >= 0.6 is 0 Å². The Morgan fingerprint density at radius 3 is 2.12 bits per heavy atom. The van der Waals surface area contributed by atoms with E-state index in [-0.39, 0.29) is 18.6 Å². The summed E-state index contributed by atoms with van der Waals surface area (Å²) in [5.74, 6) is 0.206. The van der Waals surface area contributed by atoms with Crippen molar-refractivity contribution < 1.29 is 9.90 Å². The maximum absolute atomic E-state index is 13.1. The molecule has 0 saturated carbocycles. The number of carbonyl (C=O) groups is 1. The van der Waals surface area contributed by atoms with E-state index < -0.39 is 0 Å². The number of hydrogen-bond donors (Lipinski definition) is 3. The zero-order valence-electron chi connectivity index (χ0n) is 18.7. The highest BCUT2D eigenvalue weighted by atomic mass is 16.3. The minimum Gasteiger partial charge on any atom is -0.395 e. The minimum atomic E-state index is -0.110. The maximum atomic E-state index is 13.1. The van der Waals surface area contributed by atoms with E-state index in [1.54, 1.807) is 0 Å². The first-order valence-electron chi connectivity index (χ1n) is 11.2. The lowest BCUT2D eigenvalue weighted by molar-refractivity contribution is 0.209. The Morgan fingerprint density at radius 2 is 1.53 bits per heavy atom. The summed E-state index contributed by atoms with van der Waals surface area (Å²) in [6.07, 6.45) is 0.815. The van der Waals surface area contributed by atoms with Gasteiger partial charge in [0.2, 0.25) is 0 Å². The summed E-state index contributed by atoms with van der Waals surface area (Å²) >= 11 is 0. The molecule has 0 aliphatic carbocycles. The van der Waals surface area contributed by atoms with Gasteiger partial charge in [0.1, 0.15) is 7.85 Å². The van der Waals surface area contributed by atoms with Crippen LogP contribution in [-0.2, 0) is 0 Å². The van der Waals surface area contributed by atoms with Gasteiger partial charge < -0.3 is 20.6 Å². The topological polar surface area (TPSA) is 64.6 Å². The largest absolute Gasteiger partial charge is 0.395 e. The first-order valence-corrected chi connectivity index (χ1v) is 11.2. The van der Waals surface area contributed by atoms with Crippen LogP contribution in [0, 0.1) is 0 Å². The number of amides is 2. The Morgan fingerprint density at radius 1 is 0.875 bits per heavy atom. The van der Waals surface area contributed by atoms with E-state index in [0.29, 0.717) is 26.2 Å². The molecule has 3 N–H and O–H groups in total. The fraction of sp³-hybridized carbons (Fsp3) is 0.269. The smallest absolute Gasteiger partial charge is 0.321 e. The number of urea groups is 1. The van der Waals surface area contributed by atoms with E-state index in [1.807, 2.05) is 49.1 Å². The van der Waals surface area contributed by atoms with Crippen molar-refractivity contribution in [3.63, 3.8) is 0 Å². The molecule has 3 aromatic carbocycles. The lowest BCUT2D eigenvalue weighted by Gasteiger charge is -2.26. The van der Waals surface area contributed by atoms with E-state index in [1.165, 1.54) is 11.1 Å². The van der Waals surface area contributed by atoms with Crippen molar-refractivity contribution in [3.8, 4) is 0 Å². The van der Waals surface area contributed by atoms with Crippen molar-refractivity contribution in [2.45, 2.75) is 12.3 Å². The van der Waals surface area contributed by atoms with Gasteiger partial charge in [-0.05, 0) is 29.7 Å². The molecule has 0 saturated heterocycles. The number of aliphatic hydroxyl groups excluding tert-OH is 1. The van der Waals surface area contributed by atoms with Crippen LogP contribution in [-0.4, -0.2) is 56.7 Å². The monoisotopic (exact) mass is 429 g/mol. The zero-order valence-corrected chi connectivity index (χ0v) is 18.7. The Hall–Kier alpha value is -3.09. The van der Waals surface area contributed by atoms with Crippen molar-refractivity contribution in [2.75, 3.05) is 38.1 Å². The fourth-order valence-electron chi connectivity index (χ4n) is 3.84. The molecule has 0 unspecified atom stereocenters. The molecule has 0 heterocycles. The summed E-state index contributed by atoms with van der Waals surface area (Å²) in [7, 11) is 2.01. The van der Waals surface area contributed by atoms with Crippen LogP contribution in [0.3, 0.4) is 0 Å². The lowest BCUT2D eigenvalue weighted by Crippen LogP contribution is -2.41. The van der Waals surface area contributed by atoms with Crippen molar-refractivity contribution in [3.05, 3.63) is 96.1 Å². The van der Waals surface area contributed by atoms with Crippen LogP contribution in [0.1, 0.15) is 23.5 Å². The molecule has 5 nitrogen and oxygen atoms in total. The van der Waals surface area contributed by atoms with E-state index in [9.17, 15) is 4.79 Å². The van der Waals surface area contributed by atoms with Crippen LogP contribution in [0.5, 0.6) is 0 Å². The molecule has 166 valence electrons. The van der Waals surface area contributed by atoms with E-state index in [4.69, 9.17) is 5.11 Å². The van der Waals surface area contributed by atoms with Gasteiger partial charge in [-0.25, -0.2) is 4.79 Å². The molecule has 0 bridgehead atoms. The van der Waals surface area contributed by atoms with Crippen molar-refractivity contribution in [1.29, 1.82) is 0 Å². The van der Waals surface area contributed by atoms with E-state index in [0.717, 1.165) is 17.6 Å². The van der Waals surface area contributed by atoms with Gasteiger partial charge in [-0.3, -0.25) is 0 Å². The summed E-state index contributed by atoms with van der Waals surface area (Å²) in [6.45, 7) is 2.41. The molecule has 2 amide bonds. The molecular weight excluding hydrogens is 397 g/mol. The number of benzene rings is 3. The van der Waals surface area contributed by atoms with Gasteiger partial charge in [0.05, 0.1) is 6.61 Å². The number of carbonyl (C=O) groups excluding carboxylic acids is 1. The van der Waals surface area contributed by atoms with Crippen molar-refractivity contribution in [2.24, 2.45) is 0 Å². The number of nitrogens with one attached hydrogen (secondary N) is 2. The average molecular weight is 429 g/mol. The third-order valence-electron chi connectivity index (χ3n) is 5.50. The fourth-order valence-corrected chi connectivity index (χ4v) is 3.84. The molecule has 0 fully saturated rings. The summed E-state index contributed by atoms with van der Waals surface area (Å²) in [5.41, 5.74) is 4.39. The summed E-state index contributed by atoms with van der Waals surface area (Å²) in [4.78, 5) is 15.0. The predicted octanol–water partition coefficient (Wildman–Crippen LogP) is 2.58. The summed E-state index contributed by atoms with van der Waals surface area (Å²) < 4.78 is 0. The Balaban J connectivity index is 1.73. The van der Waals surface area contributed by atoms with Crippen molar-refractivity contribution >= 4 is 25.0 Å². The minimum absolute atomic E-state index is 0.0829. The van der Waals surface area contributed by atoms with E-state index >= 15 is 0 Å². The molecule has 3 aromatic rings. The number of nitrogens with zero attached hydrogens (tertiary/aromatic N) is 1. The van der Waals surface area contributed by atoms with Crippen LogP contribution < -0.4 is 16.1 Å². The van der Waals surface area contributed by atoms with Gasteiger partial charge in [-0.1, -0.05) is 78.3 Å². The van der Waals surface area contributed by atoms with E-state index in [2.05, 4.69) is 59.2 Å². The van der Waals surface area contributed by atoms with Gasteiger partial charge in [0, 0.05) is 37.8 Å². The molecule has 3 rings (SSSR count). The SMILES string of the molecule is Bc1cccc(NC(=O)N(CCNCCO)CCC(c2ccccc2)c2ccccc2)c1. The highest BCUT2D eigenvalue weighted by Gasteiger charge is 2.19. The maximum Gasteiger partial charge on any atom is 0.321 e. The lowest BCUT2D eigenvalue weighted by atomic mass is 9.88. The number of rotatable bonds is 11. The molecule has 0 aliphatic heterocycles. The van der Waals surface area contributed by atoms with Gasteiger partial charge in [-0.2, -0.15) is 0 Å². The Bertz CT molecular complexity index is 914. The summed E-state index contributed by atoms with van der Waals surface area (Å²) in [6, 6.07) is 28.6. The normalized spacial score (nSPS) is 10.8. The Kier molecular flexibility index (Phi) is 9.35. The Labute approximate surface area is 191 Å². The van der Waals surface area contributed by atoms with Crippen LogP contribution in [0.25, 0.3) is 0 Å². The highest BCUT2D eigenvalue weighted by Crippen LogP contribution is 2.28. The zero-order chi connectivity index (χ0) is 22.6. The second-order valence-corrected chi connectivity index (χ2v) is 7.92. The first kappa shape index (κ1) is 23.6. The van der Waals surface area contributed by atoms with Crippen LogP contribution in [0.15, 0.2) is 84.9 Å². The third kappa shape index (κ3) is 7.25. The molecule has 32 heavy (non-hydrogen) atoms. The molecular formula is C26H32BN3O2. The molecule has 0 radical (unpaired) electrons. The van der Waals surface area contributed by atoms with Gasteiger partial charge in [0.25, 0.3) is 0 Å². The first-order chi connectivity index (χ1) is 15.7. The van der Waals surface area contributed by atoms with Crippen LogP contribution in [0.4, 0.5) is 10.5 Å². The number of aliphatic hydroxyl groups is 1. The molecule has 6 heteroatoms. The molecule has 0 atom stereocenters. The third-order valence-corrected chi connectivity index (χ3v) is 5.50. The summed E-state index contributed by atoms with van der Waals surface area (Å²) in [5, 5.41) is 15.2. The highest BCUT2D eigenvalue weighted by molar-refractivity contribution is 6.32. The van der Waals surface area contributed by atoms with Gasteiger partial charge in [0.15, 0.2) is 0 Å². The standard InChI is InChI=1S/C26H32BN3O2/c27-23-12-7-13-24(20-23)29-26(32)30(18-15-28-16-19-31)17-14-25(21-8-3-1-4-9-21)22-10-5-2-6-11-22/h1-13,20,25,28,31H,14-19,27H2,(H,29,32). The average Bonchev–Trinajstić information content (AvgIpc) is 2.82. The predicted molar refractivity (Wildman–Crippen MR) is 135 cm³/mol. The molecule has 0 spiro atoms. The number of anilines is 1. The quantitative estimate of drug-likeness (QED) is 0.324. The van der Waals surface area contributed by atoms with Crippen molar-refractivity contribution in [1.82, 2.24) is 10.2 Å². The van der Waals surface area contributed by atoms with Crippen LogP contribution in [0.2, 0.25) is 0 Å². The second kappa shape index (κ2) is 12.7. The van der Waals surface area contributed by atoms with Gasteiger partial charge in [-0.15, -0.1) is 0 Å². The second-order valence-electron chi connectivity index (χ2n) is 7.92. The number of hydrogen-bond acceptors (Lipinski definition) is 3.